The molecule has 0 heterocycles. The van der Waals surface area contributed by atoms with E-state index in [0.717, 1.165) is 0 Å². The highest BCUT2D eigenvalue weighted by Crippen LogP contribution is 2.18. The Hall–Kier alpha value is -1.15. The van der Waals surface area contributed by atoms with Crippen molar-refractivity contribution in [3.8, 4) is 0 Å². The standard InChI is InChI=1S/C16H27N3O3S.ClH/c1-11(12(2)17)15(20)18-10-13-8-6-7-9-14(13)23(21,22)19-16(3,4)5;/h6-9,11-12,19H,10,17H2,1-5H3,(H,18,20);1H. The molecule has 1 aromatic carbocycles. The van der Waals surface area contributed by atoms with Crippen LogP contribution in [0.4, 0.5) is 0 Å². The van der Waals surface area contributed by atoms with E-state index < -0.39 is 15.6 Å². The van der Waals surface area contributed by atoms with E-state index in [2.05, 4.69) is 10.0 Å². The summed E-state index contributed by atoms with van der Waals surface area (Å²) in [4.78, 5) is 12.2. The van der Waals surface area contributed by atoms with Gasteiger partial charge in [0.05, 0.1) is 4.90 Å². The molecule has 24 heavy (non-hydrogen) atoms. The first-order valence-corrected chi connectivity index (χ1v) is 9.07. The highest BCUT2D eigenvalue weighted by molar-refractivity contribution is 7.89. The first-order chi connectivity index (χ1) is 10.4. The summed E-state index contributed by atoms with van der Waals surface area (Å²) in [6, 6.07) is 6.36. The molecule has 0 aliphatic rings. The van der Waals surface area contributed by atoms with Crippen LogP contribution in [0.3, 0.4) is 0 Å². The van der Waals surface area contributed by atoms with Crippen molar-refractivity contribution in [2.45, 2.75) is 57.6 Å². The zero-order valence-corrected chi connectivity index (χ0v) is 16.4. The monoisotopic (exact) mass is 377 g/mol. The fourth-order valence-corrected chi connectivity index (χ4v) is 3.61. The molecule has 8 heteroatoms. The van der Waals surface area contributed by atoms with E-state index in [4.69, 9.17) is 5.73 Å². The van der Waals surface area contributed by atoms with Crippen molar-refractivity contribution >= 4 is 28.3 Å². The Morgan fingerprint density at radius 2 is 1.75 bits per heavy atom. The molecule has 4 N–H and O–H groups in total. The van der Waals surface area contributed by atoms with Crippen molar-refractivity contribution in [2.24, 2.45) is 11.7 Å². The van der Waals surface area contributed by atoms with Crippen LogP contribution in [0.15, 0.2) is 29.2 Å². The summed E-state index contributed by atoms with van der Waals surface area (Å²) >= 11 is 0. The molecule has 0 fully saturated rings. The summed E-state index contributed by atoms with van der Waals surface area (Å²) in [5, 5.41) is 2.74. The highest BCUT2D eigenvalue weighted by Gasteiger charge is 2.24. The molecule has 6 nitrogen and oxygen atoms in total. The molecule has 1 rings (SSSR count). The van der Waals surface area contributed by atoms with Gasteiger partial charge in [-0.3, -0.25) is 4.79 Å². The number of benzene rings is 1. The minimum absolute atomic E-state index is 0. The van der Waals surface area contributed by atoms with Crippen LogP contribution in [0.2, 0.25) is 0 Å². The maximum Gasteiger partial charge on any atom is 0.241 e. The molecule has 1 amide bonds. The predicted octanol–water partition coefficient (Wildman–Crippen LogP) is 1.78. The predicted molar refractivity (Wildman–Crippen MR) is 98.4 cm³/mol. The van der Waals surface area contributed by atoms with Gasteiger partial charge in [-0.2, -0.15) is 0 Å². The van der Waals surface area contributed by atoms with E-state index >= 15 is 0 Å². The first-order valence-electron chi connectivity index (χ1n) is 7.59. The van der Waals surface area contributed by atoms with E-state index in [9.17, 15) is 13.2 Å². The van der Waals surface area contributed by atoms with Crippen molar-refractivity contribution in [3.63, 3.8) is 0 Å². The van der Waals surface area contributed by atoms with Crippen molar-refractivity contribution in [1.82, 2.24) is 10.0 Å². The molecule has 0 radical (unpaired) electrons. The third-order valence-electron chi connectivity index (χ3n) is 3.36. The maximum absolute atomic E-state index is 12.5. The Morgan fingerprint density at radius 1 is 1.21 bits per heavy atom. The number of hydrogen-bond acceptors (Lipinski definition) is 4. The molecular weight excluding hydrogens is 350 g/mol. The first kappa shape index (κ1) is 22.9. The smallest absolute Gasteiger partial charge is 0.241 e. The van der Waals surface area contributed by atoms with Gasteiger partial charge in [0.15, 0.2) is 0 Å². The quantitative estimate of drug-likeness (QED) is 0.703. The molecule has 1 aromatic rings. The van der Waals surface area contributed by atoms with Crippen molar-refractivity contribution in [3.05, 3.63) is 29.8 Å². The van der Waals surface area contributed by atoms with E-state index in [1.165, 1.54) is 6.07 Å². The number of rotatable bonds is 6. The number of hydrogen-bond donors (Lipinski definition) is 3. The Kier molecular flexibility index (Phi) is 8.38. The van der Waals surface area contributed by atoms with Gasteiger partial charge in [0.25, 0.3) is 0 Å². The van der Waals surface area contributed by atoms with Crippen molar-refractivity contribution < 1.29 is 13.2 Å². The fraction of sp³-hybridized carbons (Fsp3) is 0.562. The molecule has 0 aliphatic heterocycles. The second-order valence-electron chi connectivity index (χ2n) is 6.83. The van der Waals surface area contributed by atoms with E-state index in [-0.39, 0.29) is 41.7 Å². The zero-order chi connectivity index (χ0) is 17.8. The van der Waals surface area contributed by atoms with Crippen LogP contribution in [0.1, 0.15) is 40.2 Å². The molecule has 2 unspecified atom stereocenters. The lowest BCUT2D eigenvalue weighted by atomic mass is 10.0. The van der Waals surface area contributed by atoms with Crippen LogP contribution >= 0.6 is 12.4 Å². The molecule has 0 aromatic heterocycles. The highest BCUT2D eigenvalue weighted by atomic mass is 35.5. The summed E-state index contributed by atoms with van der Waals surface area (Å²) in [6.07, 6.45) is 0. The number of amides is 1. The van der Waals surface area contributed by atoms with Crippen LogP contribution in [-0.2, 0) is 21.4 Å². The van der Waals surface area contributed by atoms with Gasteiger partial charge in [-0.15, -0.1) is 12.4 Å². The molecule has 0 aliphatic carbocycles. The van der Waals surface area contributed by atoms with Crippen LogP contribution in [0, 0.1) is 5.92 Å². The van der Waals surface area contributed by atoms with Gasteiger partial charge in [-0.05, 0) is 39.3 Å². The Morgan fingerprint density at radius 3 is 2.25 bits per heavy atom. The number of nitrogens with one attached hydrogen (secondary N) is 2. The molecule has 2 atom stereocenters. The zero-order valence-electron chi connectivity index (χ0n) is 14.8. The van der Waals surface area contributed by atoms with Crippen LogP contribution in [0.5, 0.6) is 0 Å². The number of carbonyl (C=O) groups excluding carboxylic acids is 1. The number of carbonyl (C=O) groups is 1. The van der Waals surface area contributed by atoms with Crippen LogP contribution in [0.25, 0.3) is 0 Å². The third-order valence-corrected chi connectivity index (χ3v) is 5.22. The topological polar surface area (TPSA) is 101 Å². The second kappa shape index (κ2) is 8.80. The minimum atomic E-state index is -3.66. The number of nitrogens with two attached hydrogens (primary N) is 1. The van der Waals surface area contributed by atoms with Crippen LogP contribution < -0.4 is 15.8 Å². The Bertz CT molecular complexity index is 655. The minimum Gasteiger partial charge on any atom is -0.352 e. The van der Waals surface area contributed by atoms with E-state index in [0.29, 0.717) is 5.56 Å². The normalized spacial score (nSPS) is 14.4. The summed E-state index contributed by atoms with van der Waals surface area (Å²) in [6.45, 7) is 8.97. The molecule has 0 bridgehead atoms. The number of sulfonamides is 1. The lowest BCUT2D eigenvalue weighted by Crippen LogP contribution is -2.41. The van der Waals surface area contributed by atoms with Crippen molar-refractivity contribution in [2.75, 3.05) is 0 Å². The van der Waals surface area contributed by atoms with Gasteiger partial charge in [0.2, 0.25) is 15.9 Å². The Balaban J connectivity index is 0.00000529. The van der Waals surface area contributed by atoms with Gasteiger partial charge < -0.3 is 11.1 Å². The number of halogens is 1. The summed E-state index contributed by atoms with van der Waals surface area (Å²) in [5.41, 5.74) is 5.66. The summed E-state index contributed by atoms with van der Waals surface area (Å²) in [5.74, 6) is -0.539. The SMILES string of the molecule is CC(N)C(C)C(=O)NCc1ccccc1S(=O)(=O)NC(C)(C)C.Cl. The molecular formula is C16H28ClN3O3S. The van der Waals surface area contributed by atoms with E-state index in [1.54, 1.807) is 52.8 Å². The fourth-order valence-electron chi connectivity index (χ4n) is 1.95. The molecule has 138 valence electrons. The van der Waals surface area contributed by atoms with Gasteiger partial charge in [0.1, 0.15) is 0 Å². The lowest BCUT2D eigenvalue weighted by Gasteiger charge is -2.22. The third kappa shape index (κ3) is 6.76. The summed E-state index contributed by atoms with van der Waals surface area (Å²) < 4.78 is 27.6. The largest absolute Gasteiger partial charge is 0.352 e. The molecule has 0 spiro atoms. The Labute approximate surface area is 151 Å². The second-order valence-corrected chi connectivity index (χ2v) is 8.48. The van der Waals surface area contributed by atoms with Gasteiger partial charge in [0, 0.05) is 24.0 Å². The molecule has 0 saturated carbocycles. The van der Waals surface area contributed by atoms with Gasteiger partial charge >= 0.3 is 0 Å². The lowest BCUT2D eigenvalue weighted by molar-refractivity contribution is -0.125. The molecule has 0 saturated heterocycles. The average molecular weight is 378 g/mol. The van der Waals surface area contributed by atoms with Gasteiger partial charge in [-0.1, -0.05) is 25.1 Å². The van der Waals surface area contributed by atoms with Crippen molar-refractivity contribution in [1.29, 1.82) is 0 Å². The average Bonchev–Trinajstić information content (AvgIpc) is 2.41. The van der Waals surface area contributed by atoms with E-state index in [1.807, 2.05) is 0 Å². The van der Waals surface area contributed by atoms with Crippen LogP contribution in [-0.4, -0.2) is 25.9 Å². The summed E-state index contributed by atoms with van der Waals surface area (Å²) in [7, 11) is -3.66. The maximum atomic E-state index is 12.5. The van der Waals surface area contributed by atoms with Gasteiger partial charge in [-0.25, -0.2) is 13.1 Å².